The molecule has 0 radical (unpaired) electrons. The maximum Gasteiger partial charge on any atom is 0.151 e. The van der Waals surface area contributed by atoms with Crippen molar-refractivity contribution in [1.29, 1.82) is 0 Å². The van der Waals surface area contributed by atoms with E-state index in [1.165, 1.54) is 6.07 Å². The summed E-state index contributed by atoms with van der Waals surface area (Å²) in [5.74, 6) is 0.404. The summed E-state index contributed by atoms with van der Waals surface area (Å²) in [4.78, 5) is 4.07. The summed E-state index contributed by atoms with van der Waals surface area (Å²) >= 11 is 0. The van der Waals surface area contributed by atoms with Crippen molar-refractivity contribution in [3.63, 3.8) is 0 Å². The van der Waals surface area contributed by atoms with E-state index in [-0.39, 0.29) is 11.9 Å². The Hall–Kier alpha value is -1.98. The lowest BCUT2D eigenvalue weighted by molar-refractivity contribution is 0.341. The third kappa shape index (κ3) is 2.69. The number of rotatable bonds is 3. The van der Waals surface area contributed by atoms with Gasteiger partial charge in [0.15, 0.2) is 5.82 Å². The van der Waals surface area contributed by atoms with Crippen LogP contribution in [0.3, 0.4) is 0 Å². The minimum atomic E-state index is -0.726. The second-order valence-corrected chi connectivity index (χ2v) is 5.99. The number of anilines is 1. The molecule has 0 aliphatic heterocycles. The maximum atomic E-state index is 13.8. The molecule has 2 atom stereocenters. The molecule has 0 bridgehead atoms. The van der Waals surface area contributed by atoms with Gasteiger partial charge in [-0.2, -0.15) is 5.10 Å². The summed E-state index contributed by atoms with van der Waals surface area (Å²) < 4.78 is 28.8. The van der Waals surface area contributed by atoms with Crippen LogP contribution < -0.4 is 5.32 Å². The van der Waals surface area contributed by atoms with Gasteiger partial charge in [0.05, 0.1) is 11.4 Å². The lowest BCUT2D eigenvalue weighted by Gasteiger charge is -2.11. The molecule has 118 valence electrons. The number of nitrogens with zero attached hydrogens (tertiary/aromatic N) is 3. The molecule has 1 aliphatic rings. The van der Waals surface area contributed by atoms with Gasteiger partial charge in [-0.1, -0.05) is 0 Å². The molecule has 0 spiro atoms. The van der Waals surface area contributed by atoms with Crippen LogP contribution in [0.1, 0.15) is 30.5 Å². The van der Waals surface area contributed by atoms with Crippen LogP contribution in [-0.2, 0) is 7.05 Å². The van der Waals surface area contributed by atoms with Crippen molar-refractivity contribution in [2.45, 2.75) is 45.3 Å². The number of alkyl halides is 1. The Morgan fingerprint density at radius 1 is 1.32 bits per heavy atom. The van der Waals surface area contributed by atoms with Gasteiger partial charge in [0.1, 0.15) is 12.0 Å². The Morgan fingerprint density at radius 3 is 2.73 bits per heavy atom. The highest BCUT2D eigenvalue weighted by molar-refractivity contribution is 5.68. The maximum absolute atomic E-state index is 13.8. The standard InChI is InChI=1S/C16H20F2N4/c1-9-15(11-6-14(18)10(2)19-8-11)22(3)21-16(9)20-13-5-4-12(17)7-13/h6,8,12-13H,4-5,7H2,1-3H3,(H,20,21)/t12-,13+/m1/s1. The van der Waals surface area contributed by atoms with Crippen molar-refractivity contribution in [3.05, 3.63) is 29.3 Å². The monoisotopic (exact) mass is 306 g/mol. The molecule has 2 aromatic heterocycles. The molecule has 0 amide bonds. The van der Waals surface area contributed by atoms with Gasteiger partial charge in [-0.25, -0.2) is 8.78 Å². The Kier molecular flexibility index (Phi) is 3.85. The lowest BCUT2D eigenvalue weighted by atomic mass is 10.1. The molecule has 1 aliphatic carbocycles. The molecule has 22 heavy (non-hydrogen) atoms. The smallest absolute Gasteiger partial charge is 0.151 e. The number of pyridine rings is 1. The van der Waals surface area contributed by atoms with Crippen LogP contribution in [0.4, 0.5) is 14.6 Å². The zero-order valence-electron chi connectivity index (χ0n) is 13.0. The molecule has 6 heteroatoms. The van der Waals surface area contributed by atoms with Crippen molar-refractivity contribution in [1.82, 2.24) is 14.8 Å². The molecular formula is C16H20F2N4. The van der Waals surface area contributed by atoms with E-state index in [0.717, 1.165) is 23.5 Å². The number of hydrogen-bond acceptors (Lipinski definition) is 3. The highest BCUT2D eigenvalue weighted by atomic mass is 19.1. The van der Waals surface area contributed by atoms with Crippen molar-refractivity contribution in [3.8, 4) is 11.3 Å². The van der Waals surface area contributed by atoms with Gasteiger partial charge in [-0.05, 0) is 39.2 Å². The molecular weight excluding hydrogens is 286 g/mol. The Balaban J connectivity index is 1.91. The first-order chi connectivity index (χ1) is 10.5. The molecule has 1 N–H and O–H groups in total. The Bertz CT molecular complexity index is 696. The molecule has 2 heterocycles. The highest BCUT2D eigenvalue weighted by Gasteiger charge is 2.26. The lowest BCUT2D eigenvalue weighted by Crippen LogP contribution is -2.16. The minimum absolute atomic E-state index is 0.115. The third-order valence-corrected chi connectivity index (χ3v) is 4.29. The number of halogens is 2. The molecule has 0 saturated heterocycles. The quantitative estimate of drug-likeness (QED) is 0.943. The number of nitrogens with one attached hydrogen (secondary N) is 1. The van der Waals surface area contributed by atoms with Crippen molar-refractivity contribution >= 4 is 5.82 Å². The van der Waals surface area contributed by atoms with Crippen LogP contribution in [-0.4, -0.2) is 27.0 Å². The third-order valence-electron chi connectivity index (χ3n) is 4.29. The molecule has 1 saturated carbocycles. The van der Waals surface area contributed by atoms with Crippen LogP contribution in [0, 0.1) is 19.7 Å². The van der Waals surface area contributed by atoms with Gasteiger partial charge >= 0.3 is 0 Å². The first kappa shape index (κ1) is 14.9. The molecule has 1 fully saturated rings. The summed E-state index contributed by atoms with van der Waals surface area (Å²) in [6.45, 7) is 3.57. The summed E-state index contributed by atoms with van der Waals surface area (Å²) in [7, 11) is 1.82. The Morgan fingerprint density at radius 2 is 2.09 bits per heavy atom. The van der Waals surface area contributed by atoms with Crippen LogP contribution in [0.15, 0.2) is 12.3 Å². The van der Waals surface area contributed by atoms with E-state index in [9.17, 15) is 8.78 Å². The van der Waals surface area contributed by atoms with E-state index in [1.807, 2.05) is 14.0 Å². The first-order valence-electron chi connectivity index (χ1n) is 7.52. The molecule has 3 rings (SSSR count). The largest absolute Gasteiger partial charge is 0.366 e. The fourth-order valence-electron chi connectivity index (χ4n) is 3.06. The Labute approximate surface area is 128 Å². The number of aromatic nitrogens is 3. The second kappa shape index (κ2) is 5.66. The van der Waals surface area contributed by atoms with E-state index in [4.69, 9.17) is 0 Å². The van der Waals surface area contributed by atoms with Gasteiger partial charge in [-0.3, -0.25) is 9.67 Å². The van der Waals surface area contributed by atoms with Crippen LogP contribution in [0.25, 0.3) is 11.3 Å². The predicted octanol–water partition coefficient (Wildman–Crippen LogP) is 3.54. The summed E-state index contributed by atoms with van der Waals surface area (Å²) in [6.07, 6.45) is 2.86. The normalized spacial score (nSPS) is 21.3. The summed E-state index contributed by atoms with van der Waals surface area (Å²) in [5, 5.41) is 7.77. The average Bonchev–Trinajstić information content (AvgIpc) is 2.98. The van der Waals surface area contributed by atoms with Crippen molar-refractivity contribution in [2.24, 2.45) is 7.05 Å². The van der Waals surface area contributed by atoms with Crippen LogP contribution in [0.2, 0.25) is 0 Å². The molecule has 0 unspecified atom stereocenters. The van der Waals surface area contributed by atoms with E-state index in [0.29, 0.717) is 24.1 Å². The van der Waals surface area contributed by atoms with E-state index in [1.54, 1.807) is 17.8 Å². The predicted molar refractivity (Wildman–Crippen MR) is 82.0 cm³/mol. The molecule has 2 aromatic rings. The zero-order chi connectivity index (χ0) is 15.9. The van der Waals surface area contributed by atoms with Gasteiger partial charge in [0.2, 0.25) is 0 Å². The zero-order valence-corrected chi connectivity index (χ0v) is 13.0. The minimum Gasteiger partial charge on any atom is -0.366 e. The summed E-state index contributed by atoms with van der Waals surface area (Å²) in [6, 6.07) is 1.59. The van der Waals surface area contributed by atoms with Gasteiger partial charge in [0, 0.05) is 30.4 Å². The van der Waals surface area contributed by atoms with Crippen molar-refractivity contribution in [2.75, 3.05) is 5.32 Å². The number of aryl methyl sites for hydroxylation is 2. The van der Waals surface area contributed by atoms with E-state index < -0.39 is 6.17 Å². The van der Waals surface area contributed by atoms with Gasteiger partial charge in [-0.15, -0.1) is 0 Å². The van der Waals surface area contributed by atoms with E-state index >= 15 is 0 Å². The fraction of sp³-hybridized carbons (Fsp3) is 0.500. The SMILES string of the molecule is Cc1ncc(-c2c(C)c(N[C@H]3CC[C@@H](F)C3)nn2C)cc1F. The average molecular weight is 306 g/mol. The van der Waals surface area contributed by atoms with Crippen LogP contribution >= 0.6 is 0 Å². The molecule has 4 nitrogen and oxygen atoms in total. The first-order valence-corrected chi connectivity index (χ1v) is 7.52. The second-order valence-electron chi connectivity index (χ2n) is 5.99. The van der Waals surface area contributed by atoms with Gasteiger partial charge < -0.3 is 5.32 Å². The van der Waals surface area contributed by atoms with Gasteiger partial charge in [0.25, 0.3) is 0 Å². The summed E-state index contributed by atoms with van der Waals surface area (Å²) in [5.41, 5.74) is 2.82. The molecule has 0 aromatic carbocycles. The number of hydrogen-bond donors (Lipinski definition) is 1. The van der Waals surface area contributed by atoms with Crippen LogP contribution in [0.5, 0.6) is 0 Å². The fourth-order valence-corrected chi connectivity index (χ4v) is 3.06. The van der Waals surface area contributed by atoms with E-state index in [2.05, 4.69) is 15.4 Å². The van der Waals surface area contributed by atoms with Crippen molar-refractivity contribution < 1.29 is 8.78 Å². The topological polar surface area (TPSA) is 42.7 Å². The highest BCUT2D eigenvalue weighted by Crippen LogP contribution is 2.31.